The van der Waals surface area contributed by atoms with Gasteiger partial charge in [-0.2, -0.15) is 4.98 Å². The summed E-state index contributed by atoms with van der Waals surface area (Å²) in [5.74, 6) is -3.51. The Labute approximate surface area is 199 Å². The van der Waals surface area contributed by atoms with E-state index in [9.17, 15) is 18.0 Å². The summed E-state index contributed by atoms with van der Waals surface area (Å²) >= 11 is 0. The first-order valence-electron chi connectivity index (χ1n) is 11.7. The normalized spacial score (nSPS) is 21.2. The third-order valence-electron chi connectivity index (χ3n) is 6.73. The number of ether oxygens (including phenoxy) is 1. The van der Waals surface area contributed by atoms with Gasteiger partial charge in [-0.15, -0.1) is 0 Å². The molecule has 2 aromatic heterocycles. The molecule has 3 aromatic rings. The van der Waals surface area contributed by atoms with Crippen LogP contribution in [0.1, 0.15) is 44.6 Å². The SMILES string of the molecule is NC(=O)[C@H]1CC[C@@H](n2c(Nc3c(F)ccc(F)c3F)nc3cnc(NC4CCOCC4)nc32)CC1. The number of amides is 1. The number of nitrogens with one attached hydrogen (secondary N) is 2. The van der Waals surface area contributed by atoms with Gasteiger partial charge in [0.05, 0.1) is 6.20 Å². The molecule has 186 valence electrons. The minimum atomic E-state index is -1.34. The number of nitrogens with zero attached hydrogens (tertiary/aromatic N) is 4. The van der Waals surface area contributed by atoms with Crippen molar-refractivity contribution in [2.75, 3.05) is 23.8 Å². The Kier molecular flexibility index (Phi) is 6.46. The van der Waals surface area contributed by atoms with Gasteiger partial charge in [0.2, 0.25) is 17.8 Å². The Bertz CT molecular complexity index is 1240. The molecule has 1 saturated carbocycles. The molecule has 0 bridgehead atoms. The van der Waals surface area contributed by atoms with Gasteiger partial charge in [-0.3, -0.25) is 9.36 Å². The summed E-state index contributed by atoms with van der Waals surface area (Å²) in [5, 5.41) is 5.95. The number of hydrogen-bond donors (Lipinski definition) is 3. The van der Waals surface area contributed by atoms with Crippen molar-refractivity contribution in [3.05, 3.63) is 35.8 Å². The number of anilines is 3. The quantitative estimate of drug-likeness (QED) is 0.451. The summed E-state index contributed by atoms with van der Waals surface area (Å²) in [5.41, 5.74) is 5.73. The molecule has 0 radical (unpaired) electrons. The highest BCUT2D eigenvalue weighted by molar-refractivity contribution is 5.78. The Morgan fingerprint density at radius 3 is 2.46 bits per heavy atom. The molecular formula is C23H26F3N7O2. The van der Waals surface area contributed by atoms with Gasteiger partial charge in [-0.05, 0) is 50.7 Å². The van der Waals surface area contributed by atoms with Crippen molar-refractivity contribution in [1.82, 2.24) is 19.5 Å². The molecule has 2 aliphatic rings. The van der Waals surface area contributed by atoms with Crippen LogP contribution in [-0.4, -0.2) is 44.7 Å². The number of rotatable bonds is 6. The number of aromatic nitrogens is 4. The minimum Gasteiger partial charge on any atom is -0.381 e. The molecule has 1 saturated heterocycles. The Morgan fingerprint density at radius 1 is 1.03 bits per heavy atom. The number of carbonyl (C=O) groups excluding carboxylic acids is 1. The number of hydrogen-bond acceptors (Lipinski definition) is 7. The van der Waals surface area contributed by atoms with Crippen LogP contribution in [0, 0.1) is 23.4 Å². The monoisotopic (exact) mass is 489 g/mol. The van der Waals surface area contributed by atoms with Crippen LogP contribution < -0.4 is 16.4 Å². The van der Waals surface area contributed by atoms with E-state index in [0.717, 1.165) is 25.0 Å². The molecule has 4 N–H and O–H groups in total. The second-order valence-electron chi connectivity index (χ2n) is 8.99. The molecule has 3 heterocycles. The third kappa shape index (κ3) is 4.75. The highest BCUT2D eigenvalue weighted by Gasteiger charge is 2.30. The Morgan fingerprint density at radius 2 is 1.74 bits per heavy atom. The molecule has 12 heteroatoms. The summed E-state index contributed by atoms with van der Waals surface area (Å²) < 4.78 is 49.8. The second kappa shape index (κ2) is 9.68. The van der Waals surface area contributed by atoms with Crippen molar-refractivity contribution in [3.63, 3.8) is 0 Å². The van der Waals surface area contributed by atoms with Crippen molar-refractivity contribution in [2.24, 2.45) is 11.7 Å². The molecule has 1 aliphatic carbocycles. The first kappa shape index (κ1) is 23.3. The number of imidazole rings is 1. The average Bonchev–Trinajstić information content (AvgIpc) is 3.22. The van der Waals surface area contributed by atoms with E-state index >= 15 is 0 Å². The van der Waals surface area contributed by atoms with Crippen LogP contribution in [0.25, 0.3) is 11.2 Å². The number of nitrogens with two attached hydrogens (primary N) is 1. The van der Waals surface area contributed by atoms with E-state index in [2.05, 4.69) is 25.6 Å². The van der Waals surface area contributed by atoms with E-state index in [4.69, 9.17) is 10.5 Å². The van der Waals surface area contributed by atoms with Crippen LogP contribution in [0.3, 0.4) is 0 Å². The van der Waals surface area contributed by atoms with Gasteiger partial charge in [0.25, 0.3) is 0 Å². The molecular weight excluding hydrogens is 463 g/mol. The summed E-state index contributed by atoms with van der Waals surface area (Å²) in [6.45, 7) is 1.31. The van der Waals surface area contributed by atoms with Crippen LogP contribution in [0.15, 0.2) is 18.3 Å². The Hall–Kier alpha value is -3.41. The predicted molar refractivity (Wildman–Crippen MR) is 123 cm³/mol. The summed E-state index contributed by atoms with van der Waals surface area (Å²) in [7, 11) is 0. The van der Waals surface area contributed by atoms with E-state index in [1.165, 1.54) is 0 Å². The van der Waals surface area contributed by atoms with Crippen LogP contribution >= 0.6 is 0 Å². The number of primary amides is 1. The molecule has 0 atom stereocenters. The maximum atomic E-state index is 14.4. The number of fused-ring (bicyclic) bond motifs is 1. The molecule has 1 aromatic carbocycles. The fourth-order valence-corrected chi connectivity index (χ4v) is 4.79. The molecule has 9 nitrogen and oxygen atoms in total. The lowest BCUT2D eigenvalue weighted by molar-refractivity contribution is -0.122. The average molecular weight is 490 g/mol. The highest BCUT2D eigenvalue weighted by Crippen LogP contribution is 2.37. The van der Waals surface area contributed by atoms with Crippen molar-refractivity contribution < 1.29 is 22.7 Å². The molecule has 2 fully saturated rings. The predicted octanol–water partition coefficient (Wildman–Crippen LogP) is 3.79. The molecule has 5 rings (SSSR count). The van der Waals surface area contributed by atoms with Gasteiger partial charge >= 0.3 is 0 Å². The zero-order valence-corrected chi connectivity index (χ0v) is 18.9. The first-order valence-corrected chi connectivity index (χ1v) is 11.7. The standard InChI is InChI=1S/C23H26F3N7O2/c24-15-5-6-16(25)19(18(15)26)31-23-30-17-11-28-22(29-13-7-9-35-10-8-13)32-21(17)33(23)14-3-1-12(2-4-14)20(27)34/h5-6,11-14H,1-4,7-10H2,(H2,27,34)(H,30,31)(H,28,29,32)/t12-,14+. The van der Waals surface area contributed by atoms with Crippen LogP contribution in [-0.2, 0) is 9.53 Å². The largest absolute Gasteiger partial charge is 0.381 e. The number of halogens is 3. The van der Waals surface area contributed by atoms with Crippen molar-refractivity contribution in [3.8, 4) is 0 Å². The van der Waals surface area contributed by atoms with E-state index in [1.54, 1.807) is 10.8 Å². The van der Waals surface area contributed by atoms with Crippen LogP contribution in [0.4, 0.5) is 30.8 Å². The van der Waals surface area contributed by atoms with Crippen molar-refractivity contribution in [1.29, 1.82) is 0 Å². The lowest BCUT2D eigenvalue weighted by atomic mass is 9.85. The van der Waals surface area contributed by atoms with Crippen molar-refractivity contribution in [2.45, 2.75) is 50.6 Å². The van der Waals surface area contributed by atoms with Crippen LogP contribution in [0.2, 0.25) is 0 Å². The fraction of sp³-hybridized carbons (Fsp3) is 0.478. The van der Waals surface area contributed by atoms with E-state index in [-0.39, 0.29) is 29.9 Å². The summed E-state index contributed by atoms with van der Waals surface area (Å²) in [4.78, 5) is 25.1. The summed E-state index contributed by atoms with van der Waals surface area (Å²) in [6, 6.07) is 1.57. The van der Waals surface area contributed by atoms with Crippen LogP contribution in [0.5, 0.6) is 0 Å². The molecule has 0 spiro atoms. The number of benzene rings is 1. The topological polar surface area (TPSA) is 120 Å². The lowest BCUT2D eigenvalue weighted by Crippen LogP contribution is -2.29. The number of carbonyl (C=O) groups is 1. The fourth-order valence-electron chi connectivity index (χ4n) is 4.79. The second-order valence-corrected chi connectivity index (χ2v) is 8.99. The van der Waals surface area contributed by atoms with Gasteiger partial charge in [0.1, 0.15) is 17.0 Å². The van der Waals surface area contributed by atoms with Gasteiger partial charge in [0, 0.05) is 31.2 Å². The van der Waals surface area contributed by atoms with E-state index < -0.39 is 23.1 Å². The van der Waals surface area contributed by atoms with E-state index in [1.807, 2.05) is 0 Å². The van der Waals surface area contributed by atoms with Crippen molar-refractivity contribution >= 4 is 34.7 Å². The zero-order chi connectivity index (χ0) is 24.5. The maximum Gasteiger partial charge on any atom is 0.224 e. The molecule has 35 heavy (non-hydrogen) atoms. The van der Waals surface area contributed by atoms with E-state index in [0.29, 0.717) is 56.0 Å². The van der Waals surface area contributed by atoms with Gasteiger partial charge < -0.3 is 21.1 Å². The smallest absolute Gasteiger partial charge is 0.224 e. The third-order valence-corrected chi connectivity index (χ3v) is 6.73. The van der Waals surface area contributed by atoms with Gasteiger partial charge in [-0.25, -0.2) is 23.1 Å². The molecule has 1 amide bonds. The first-order chi connectivity index (χ1) is 16.9. The lowest BCUT2D eigenvalue weighted by Gasteiger charge is -2.29. The molecule has 0 unspecified atom stereocenters. The van der Waals surface area contributed by atoms with Gasteiger partial charge in [0.15, 0.2) is 17.3 Å². The highest BCUT2D eigenvalue weighted by atomic mass is 19.2. The maximum absolute atomic E-state index is 14.4. The summed E-state index contributed by atoms with van der Waals surface area (Å²) in [6.07, 6.45) is 5.51. The molecule has 1 aliphatic heterocycles. The van der Waals surface area contributed by atoms with Gasteiger partial charge in [-0.1, -0.05) is 0 Å². The zero-order valence-electron chi connectivity index (χ0n) is 18.9. The Balaban J connectivity index is 1.53. The minimum absolute atomic E-state index is 0.114.